The predicted molar refractivity (Wildman–Crippen MR) is 54.8 cm³/mol. The van der Waals surface area contributed by atoms with Gasteiger partial charge in [0, 0.05) is 12.4 Å². The topological polar surface area (TPSA) is 12.9 Å². The van der Waals surface area contributed by atoms with Crippen molar-refractivity contribution in [3.8, 4) is 0 Å². The molecule has 0 spiro atoms. The minimum atomic E-state index is -0.139. The van der Waals surface area contributed by atoms with Crippen LogP contribution in [0.4, 0.5) is 0 Å². The molecule has 0 unspecified atom stereocenters. The number of halogens is 1. The lowest BCUT2D eigenvalue weighted by atomic mass is 10.5. The van der Waals surface area contributed by atoms with Gasteiger partial charge in [0.25, 0.3) is 14.1 Å². The molecule has 0 bridgehead atoms. The molecule has 0 N–H and O–H groups in total. The summed E-state index contributed by atoms with van der Waals surface area (Å²) in [5.41, 5.74) is 0. The summed E-state index contributed by atoms with van der Waals surface area (Å²) in [4.78, 5) is 3.78. The van der Waals surface area contributed by atoms with Crippen molar-refractivity contribution < 1.29 is 0 Å². The Bertz CT molecular complexity index is 115. The van der Waals surface area contributed by atoms with Crippen molar-refractivity contribution >= 4 is 26.6 Å². The Balaban J connectivity index is 0. The number of pyridine rings is 1. The first kappa shape index (κ1) is 13.6. The molecule has 3 heteroatoms. The average Bonchev–Trinajstić information content (AvgIpc) is 1.90. The summed E-state index contributed by atoms with van der Waals surface area (Å²) >= 11 is -0.139. The van der Waals surface area contributed by atoms with Crippen molar-refractivity contribution in [2.24, 2.45) is 0 Å². The van der Waals surface area contributed by atoms with Crippen LogP contribution >= 0.6 is 12.4 Å². The second-order valence-electron chi connectivity index (χ2n) is 2.76. The van der Waals surface area contributed by atoms with E-state index >= 15 is 0 Å². The average molecular weight is 188 g/mol. The summed E-state index contributed by atoms with van der Waals surface area (Å²) in [5, 5.41) is 0. The second kappa shape index (κ2) is 9.97. The van der Waals surface area contributed by atoms with E-state index < -0.39 is 0 Å². The summed E-state index contributed by atoms with van der Waals surface area (Å²) in [7, 11) is 0. The molecule has 1 heterocycles. The summed E-state index contributed by atoms with van der Waals surface area (Å²) in [6, 6.07) is 5.72. The molecule has 0 saturated carbocycles. The molecule has 1 rings (SSSR count). The standard InChI is InChI=1S/C5H5N.3CH3.Al.ClH/c1-2-4-6-5-3-1;;;;;/h1-5H;3*1H3;;1H. The molecule has 0 aliphatic rings. The highest BCUT2D eigenvalue weighted by atomic mass is 35.5. The number of rotatable bonds is 0. The van der Waals surface area contributed by atoms with Crippen LogP contribution in [-0.2, 0) is 0 Å². The molecule has 1 aromatic rings. The summed E-state index contributed by atoms with van der Waals surface area (Å²) in [6.07, 6.45) is 3.50. The Kier molecular flexibility index (Phi) is 12.3. The molecule has 0 aliphatic carbocycles. The molecular weight excluding hydrogens is 173 g/mol. The number of aromatic nitrogens is 1. The van der Waals surface area contributed by atoms with Crippen LogP contribution in [-0.4, -0.2) is 19.1 Å². The van der Waals surface area contributed by atoms with Crippen LogP contribution in [0.25, 0.3) is 0 Å². The van der Waals surface area contributed by atoms with Gasteiger partial charge in [0.1, 0.15) is 0 Å². The van der Waals surface area contributed by atoms with Gasteiger partial charge in [-0.3, -0.25) is 4.98 Å². The molecule has 62 valence electrons. The van der Waals surface area contributed by atoms with Gasteiger partial charge >= 0.3 is 0 Å². The summed E-state index contributed by atoms with van der Waals surface area (Å²) < 4.78 is 0. The lowest BCUT2D eigenvalue weighted by Crippen LogP contribution is -1.84. The third-order valence-corrected chi connectivity index (χ3v) is 0.566. The van der Waals surface area contributed by atoms with Crippen LogP contribution in [0.3, 0.4) is 0 Å². The molecule has 0 aromatic carbocycles. The molecule has 0 aliphatic heterocycles. The van der Waals surface area contributed by atoms with Gasteiger partial charge in [0.05, 0.1) is 0 Å². The van der Waals surface area contributed by atoms with E-state index in [1.54, 1.807) is 12.4 Å². The Morgan fingerprint density at radius 3 is 1.36 bits per heavy atom. The monoisotopic (exact) mass is 187 g/mol. The third-order valence-electron chi connectivity index (χ3n) is 0.566. The maximum atomic E-state index is 3.78. The lowest BCUT2D eigenvalue weighted by molar-refractivity contribution is 1.33. The highest BCUT2D eigenvalue weighted by Crippen LogP contribution is 1.73. The molecule has 11 heavy (non-hydrogen) atoms. The van der Waals surface area contributed by atoms with Crippen molar-refractivity contribution in [2.45, 2.75) is 17.4 Å². The minimum Gasteiger partial charge on any atom is -0.265 e. The zero-order chi connectivity index (χ0) is 7.82. The van der Waals surface area contributed by atoms with E-state index in [4.69, 9.17) is 0 Å². The minimum absolute atomic E-state index is 0. The van der Waals surface area contributed by atoms with E-state index in [9.17, 15) is 0 Å². The van der Waals surface area contributed by atoms with Crippen molar-refractivity contribution in [1.82, 2.24) is 4.98 Å². The maximum absolute atomic E-state index is 3.78. The molecule has 0 radical (unpaired) electrons. The fraction of sp³-hybridized carbons (Fsp3) is 0.375. The lowest BCUT2D eigenvalue weighted by Gasteiger charge is -1.70. The van der Waals surface area contributed by atoms with Crippen molar-refractivity contribution in [2.75, 3.05) is 0 Å². The largest absolute Gasteiger partial charge is 0.265 e. The molecule has 0 fully saturated rings. The Labute approximate surface area is 79.7 Å². The van der Waals surface area contributed by atoms with Crippen LogP contribution in [0.5, 0.6) is 0 Å². The molecular formula is C8H15AlClN. The zero-order valence-corrected chi connectivity index (χ0v) is 9.29. The Morgan fingerprint density at radius 2 is 1.27 bits per heavy atom. The first-order valence-electron chi connectivity index (χ1n) is 3.58. The predicted octanol–water partition coefficient (Wildman–Crippen LogP) is 2.87. The van der Waals surface area contributed by atoms with Crippen LogP contribution in [0, 0.1) is 0 Å². The van der Waals surface area contributed by atoms with Crippen LogP contribution in [0.1, 0.15) is 0 Å². The smallest absolute Gasteiger partial charge is 0.251 e. The van der Waals surface area contributed by atoms with Crippen LogP contribution < -0.4 is 0 Å². The SMILES string of the molecule is Cl.[CH3][Al]([CH3])[CH3].c1ccncc1. The maximum Gasteiger partial charge on any atom is 0.251 e. The Hall–Kier alpha value is -0.0275. The number of nitrogens with zero attached hydrogens (tertiary/aromatic N) is 1. The number of hydrogen-bond acceptors (Lipinski definition) is 1. The summed E-state index contributed by atoms with van der Waals surface area (Å²) in [5.74, 6) is 6.92. The van der Waals surface area contributed by atoms with Gasteiger partial charge in [0.15, 0.2) is 0 Å². The van der Waals surface area contributed by atoms with Crippen molar-refractivity contribution in [3.63, 3.8) is 0 Å². The van der Waals surface area contributed by atoms with Gasteiger partial charge in [-0.15, -0.1) is 29.8 Å². The van der Waals surface area contributed by atoms with E-state index in [-0.39, 0.29) is 26.6 Å². The Morgan fingerprint density at radius 1 is 0.909 bits per heavy atom. The first-order chi connectivity index (χ1) is 4.73. The fourth-order valence-electron chi connectivity index (χ4n) is 0.313. The van der Waals surface area contributed by atoms with E-state index in [0.29, 0.717) is 0 Å². The quantitative estimate of drug-likeness (QED) is 0.570. The van der Waals surface area contributed by atoms with E-state index in [0.717, 1.165) is 0 Å². The third kappa shape index (κ3) is 17.8. The second-order valence-corrected chi connectivity index (χ2v) is 6.22. The molecule has 0 amide bonds. The molecule has 1 nitrogen and oxygen atoms in total. The van der Waals surface area contributed by atoms with Crippen molar-refractivity contribution in [1.29, 1.82) is 0 Å². The van der Waals surface area contributed by atoms with Gasteiger partial charge in [-0.2, -0.15) is 0 Å². The highest BCUT2D eigenvalue weighted by Gasteiger charge is 1.81. The first-order valence-corrected chi connectivity index (χ1v) is 7.05. The highest BCUT2D eigenvalue weighted by molar-refractivity contribution is 6.54. The van der Waals surface area contributed by atoms with E-state index in [1.165, 1.54) is 0 Å². The van der Waals surface area contributed by atoms with Gasteiger partial charge < -0.3 is 0 Å². The van der Waals surface area contributed by atoms with Crippen LogP contribution in [0.15, 0.2) is 30.6 Å². The van der Waals surface area contributed by atoms with E-state index in [2.05, 4.69) is 22.3 Å². The van der Waals surface area contributed by atoms with Gasteiger partial charge in [-0.1, -0.05) is 6.07 Å². The molecule has 0 saturated heterocycles. The zero-order valence-electron chi connectivity index (χ0n) is 7.32. The van der Waals surface area contributed by atoms with Crippen LogP contribution in [0.2, 0.25) is 17.4 Å². The van der Waals surface area contributed by atoms with Gasteiger partial charge in [-0.25, -0.2) is 0 Å². The molecule has 1 aromatic heterocycles. The normalized spacial score (nSPS) is 6.82. The number of hydrogen-bond donors (Lipinski definition) is 0. The summed E-state index contributed by atoms with van der Waals surface area (Å²) in [6.45, 7) is 0. The van der Waals surface area contributed by atoms with Gasteiger partial charge in [-0.05, 0) is 12.1 Å². The van der Waals surface area contributed by atoms with Crippen molar-refractivity contribution in [3.05, 3.63) is 30.6 Å². The van der Waals surface area contributed by atoms with E-state index in [1.807, 2.05) is 18.2 Å². The van der Waals surface area contributed by atoms with Gasteiger partial charge in [0.2, 0.25) is 0 Å². The molecule has 0 atom stereocenters. The fourth-order valence-corrected chi connectivity index (χ4v) is 0.313.